The number of amides is 2. The molecule has 0 spiro atoms. The molecule has 172 valence electrons. The van der Waals surface area contributed by atoms with Gasteiger partial charge in [0.2, 0.25) is 0 Å². The Morgan fingerprint density at radius 3 is 2.53 bits per heavy atom. The standard InChI is InChI=1S/C24H33N5O3/c30-24(27-19-21-6-7-25-23(17-21)29-8-1-2-9-29)26-18-20-4-3-5-22(16-20)32-15-12-28-10-13-31-14-11-28/h3-7,16-17H,1-2,8-15,18-19H2,(H2,26,27,30). The van der Waals surface area contributed by atoms with E-state index >= 15 is 0 Å². The summed E-state index contributed by atoms with van der Waals surface area (Å²) in [6.07, 6.45) is 4.24. The lowest BCUT2D eigenvalue weighted by atomic mass is 10.2. The minimum Gasteiger partial charge on any atom is -0.492 e. The topological polar surface area (TPSA) is 79.0 Å². The Kier molecular flexibility index (Phi) is 8.17. The van der Waals surface area contributed by atoms with E-state index in [1.54, 1.807) is 0 Å². The van der Waals surface area contributed by atoms with Crippen LogP contribution in [0.5, 0.6) is 5.75 Å². The number of morpholine rings is 1. The summed E-state index contributed by atoms with van der Waals surface area (Å²) in [6, 6.07) is 11.7. The highest BCUT2D eigenvalue weighted by Crippen LogP contribution is 2.18. The quantitative estimate of drug-likeness (QED) is 0.625. The van der Waals surface area contributed by atoms with Gasteiger partial charge in [-0.1, -0.05) is 12.1 Å². The van der Waals surface area contributed by atoms with Gasteiger partial charge in [-0.15, -0.1) is 0 Å². The highest BCUT2D eigenvalue weighted by molar-refractivity contribution is 5.73. The molecule has 2 fully saturated rings. The Bertz CT molecular complexity index is 866. The average Bonchev–Trinajstić information content (AvgIpc) is 3.38. The summed E-state index contributed by atoms with van der Waals surface area (Å²) in [6.45, 7) is 8.07. The SMILES string of the molecule is O=C(NCc1cccc(OCCN2CCOCC2)c1)NCc1ccnc(N2CCCC2)c1. The highest BCUT2D eigenvalue weighted by Gasteiger charge is 2.14. The van der Waals surface area contributed by atoms with E-state index in [1.165, 1.54) is 12.8 Å². The number of nitrogens with one attached hydrogen (secondary N) is 2. The molecule has 0 atom stereocenters. The minimum absolute atomic E-state index is 0.192. The van der Waals surface area contributed by atoms with E-state index in [2.05, 4.69) is 31.5 Å². The van der Waals surface area contributed by atoms with Crippen LogP contribution >= 0.6 is 0 Å². The van der Waals surface area contributed by atoms with Gasteiger partial charge in [0.15, 0.2) is 0 Å². The van der Waals surface area contributed by atoms with E-state index in [9.17, 15) is 4.79 Å². The molecule has 1 aromatic heterocycles. The van der Waals surface area contributed by atoms with Crippen LogP contribution in [0.2, 0.25) is 0 Å². The van der Waals surface area contributed by atoms with Crippen molar-refractivity contribution in [3.8, 4) is 5.75 Å². The molecule has 2 N–H and O–H groups in total. The van der Waals surface area contributed by atoms with Gasteiger partial charge in [0.25, 0.3) is 0 Å². The fraction of sp³-hybridized carbons (Fsp3) is 0.500. The number of anilines is 1. The summed E-state index contributed by atoms with van der Waals surface area (Å²) in [5.74, 6) is 1.82. The van der Waals surface area contributed by atoms with Crippen molar-refractivity contribution in [3.63, 3.8) is 0 Å². The molecule has 0 bridgehead atoms. The fourth-order valence-electron chi connectivity index (χ4n) is 3.98. The van der Waals surface area contributed by atoms with Crippen LogP contribution in [0.3, 0.4) is 0 Å². The van der Waals surface area contributed by atoms with Crippen molar-refractivity contribution in [3.05, 3.63) is 53.7 Å². The predicted octanol–water partition coefficient (Wildman–Crippen LogP) is 2.39. The summed E-state index contributed by atoms with van der Waals surface area (Å²) < 4.78 is 11.3. The van der Waals surface area contributed by atoms with Crippen LogP contribution in [0, 0.1) is 0 Å². The second-order valence-electron chi connectivity index (χ2n) is 8.20. The first kappa shape index (κ1) is 22.4. The first-order valence-corrected chi connectivity index (χ1v) is 11.5. The number of pyridine rings is 1. The van der Waals surface area contributed by atoms with Crippen LogP contribution < -0.4 is 20.3 Å². The molecular formula is C24H33N5O3. The summed E-state index contributed by atoms with van der Waals surface area (Å²) in [4.78, 5) is 21.4. The van der Waals surface area contributed by atoms with Crippen molar-refractivity contribution in [1.29, 1.82) is 0 Å². The van der Waals surface area contributed by atoms with Crippen molar-refractivity contribution >= 4 is 11.8 Å². The number of hydrogen-bond donors (Lipinski definition) is 2. The lowest BCUT2D eigenvalue weighted by Crippen LogP contribution is -2.38. The lowest BCUT2D eigenvalue weighted by molar-refractivity contribution is 0.0322. The van der Waals surface area contributed by atoms with Gasteiger partial charge < -0.3 is 25.0 Å². The third-order valence-electron chi connectivity index (χ3n) is 5.82. The maximum absolute atomic E-state index is 12.3. The molecule has 2 saturated heterocycles. The number of ether oxygens (including phenoxy) is 2. The fourth-order valence-corrected chi connectivity index (χ4v) is 3.98. The zero-order chi connectivity index (χ0) is 22.0. The van der Waals surface area contributed by atoms with E-state index < -0.39 is 0 Å². The van der Waals surface area contributed by atoms with E-state index in [0.717, 1.165) is 68.6 Å². The van der Waals surface area contributed by atoms with Gasteiger partial charge in [0.05, 0.1) is 13.2 Å². The van der Waals surface area contributed by atoms with Crippen LogP contribution in [-0.4, -0.2) is 68.5 Å². The summed E-state index contributed by atoms with van der Waals surface area (Å²) in [5.41, 5.74) is 2.05. The normalized spacial score (nSPS) is 16.7. The predicted molar refractivity (Wildman–Crippen MR) is 124 cm³/mol. The van der Waals surface area contributed by atoms with Gasteiger partial charge in [0, 0.05) is 52.0 Å². The van der Waals surface area contributed by atoms with Crippen molar-refractivity contribution < 1.29 is 14.3 Å². The van der Waals surface area contributed by atoms with E-state index in [4.69, 9.17) is 9.47 Å². The molecule has 8 nitrogen and oxygen atoms in total. The van der Waals surface area contributed by atoms with Crippen LogP contribution in [0.4, 0.5) is 10.6 Å². The van der Waals surface area contributed by atoms with Crippen LogP contribution in [0.1, 0.15) is 24.0 Å². The molecule has 8 heteroatoms. The Hall–Kier alpha value is -2.84. The van der Waals surface area contributed by atoms with E-state index in [1.807, 2.05) is 36.5 Å². The zero-order valence-corrected chi connectivity index (χ0v) is 18.6. The lowest BCUT2D eigenvalue weighted by Gasteiger charge is -2.26. The molecule has 1 aromatic carbocycles. The summed E-state index contributed by atoms with van der Waals surface area (Å²) >= 11 is 0. The van der Waals surface area contributed by atoms with Gasteiger partial charge >= 0.3 is 6.03 Å². The second kappa shape index (κ2) is 11.7. The summed E-state index contributed by atoms with van der Waals surface area (Å²) in [7, 11) is 0. The van der Waals surface area contributed by atoms with E-state index in [-0.39, 0.29) is 6.03 Å². The Morgan fingerprint density at radius 2 is 1.75 bits per heavy atom. The number of aromatic nitrogens is 1. The number of carbonyl (C=O) groups is 1. The number of nitrogens with zero attached hydrogens (tertiary/aromatic N) is 3. The Balaban J connectivity index is 1.18. The van der Waals surface area contributed by atoms with Gasteiger partial charge in [0.1, 0.15) is 18.2 Å². The maximum Gasteiger partial charge on any atom is 0.315 e. The largest absolute Gasteiger partial charge is 0.492 e. The molecule has 2 aromatic rings. The highest BCUT2D eigenvalue weighted by atomic mass is 16.5. The molecule has 4 rings (SSSR count). The zero-order valence-electron chi connectivity index (χ0n) is 18.6. The minimum atomic E-state index is -0.192. The smallest absolute Gasteiger partial charge is 0.315 e. The molecule has 2 aliphatic heterocycles. The Labute approximate surface area is 189 Å². The molecule has 3 heterocycles. The van der Waals surface area contributed by atoms with Crippen LogP contribution in [0.25, 0.3) is 0 Å². The van der Waals surface area contributed by atoms with Crippen molar-refractivity contribution in [2.45, 2.75) is 25.9 Å². The van der Waals surface area contributed by atoms with Crippen molar-refractivity contribution in [2.24, 2.45) is 0 Å². The third-order valence-corrected chi connectivity index (χ3v) is 5.82. The van der Waals surface area contributed by atoms with Crippen LogP contribution in [-0.2, 0) is 17.8 Å². The van der Waals surface area contributed by atoms with Crippen molar-refractivity contribution in [2.75, 3.05) is 57.4 Å². The molecule has 0 saturated carbocycles. The number of carbonyl (C=O) groups excluding carboxylic acids is 1. The molecule has 0 unspecified atom stereocenters. The van der Waals surface area contributed by atoms with Gasteiger partial charge in [-0.3, -0.25) is 4.90 Å². The number of benzene rings is 1. The summed E-state index contributed by atoms with van der Waals surface area (Å²) in [5, 5.41) is 5.85. The molecular weight excluding hydrogens is 406 g/mol. The molecule has 2 aliphatic rings. The van der Waals surface area contributed by atoms with Gasteiger partial charge in [-0.25, -0.2) is 9.78 Å². The van der Waals surface area contributed by atoms with Crippen molar-refractivity contribution in [1.82, 2.24) is 20.5 Å². The van der Waals surface area contributed by atoms with Gasteiger partial charge in [-0.05, 0) is 48.2 Å². The Morgan fingerprint density at radius 1 is 1.00 bits per heavy atom. The average molecular weight is 440 g/mol. The molecule has 0 radical (unpaired) electrons. The molecule has 32 heavy (non-hydrogen) atoms. The second-order valence-corrected chi connectivity index (χ2v) is 8.20. The maximum atomic E-state index is 12.3. The third kappa shape index (κ3) is 6.83. The molecule has 2 amide bonds. The van der Waals surface area contributed by atoms with E-state index in [0.29, 0.717) is 19.7 Å². The van der Waals surface area contributed by atoms with Gasteiger partial charge in [-0.2, -0.15) is 0 Å². The monoisotopic (exact) mass is 439 g/mol. The first-order chi connectivity index (χ1) is 15.8. The van der Waals surface area contributed by atoms with Crippen LogP contribution in [0.15, 0.2) is 42.6 Å². The number of hydrogen-bond acceptors (Lipinski definition) is 6. The molecule has 0 aliphatic carbocycles. The number of urea groups is 1. The number of rotatable bonds is 9. The first-order valence-electron chi connectivity index (χ1n) is 11.5.